The molecule has 0 spiro atoms. The summed E-state index contributed by atoms with van der Waals surface area (Å²) in [7, 11) is 1.38. The Bertz CT molecular complexity index is 1200. The number of aromatic nitrogens is 3. The van der Waals surface area contributed by atoms with E-state index in [9.17, 15) is 9.59 Å². The first kappa shape index (κ1) is 29.7. The van der Waals surface area contributed by atoms with Gasteiger partial charge in [0.2, 0.25) is 0 Å². The third-order valence-corrected chi connectivity index (χ3v) is 8.38. The zero-order valence-electron chi connectivity index (χ0n) is 25.3. The molecule has 0 bridgehead atoms. The zero-order valence-corrected chi connectivity index (χ0v) is 25.3. The molecule has 1 saturated carbocycles. The van der Waals surface area contributed by atoms with Gasteiger partial charge in [0.15, 0.2) is 0 Å². The van der Waals surface area contributed by atoms with Crippen molar-refractivity contribution < 1.29 is 14.3 Å². The summed E-state index contributed by atoms with van der Waals surface area (Å²) >= 11 is 0. The van der Waals surface area contributed by atoms with Crippen LogP contribution < -0.4 is 10.2 Å². The number of esters is 1. The maximum Gasteiger partial charge on any atom is 0.339 e. The van der Waals surface area contributed by atoms with Crippen molar-refractivity contribution >= 4 is 23.5 Å². The van der Waals surface area contributed by atoms with Gasteiger partial charge in [-0.15, -0.1) is 0 Å². The molecular formula is C31H46N6O3. The molecule has 1 aliphatic heterocycles. The molecule has 40 heavy (non-hydrogen) atoms. The van der Waals surface area contributed by atoms with Gasteiger partial charge in [-0.3, -0.25) is 4.79 Å². The Balaban J connectivity index is 1.46. The zero-order chi connectivity index (χ0) is 29.0. The number of rotatable bonds is 8. The average molecular weight is 551 g/mol. The van der Waals surface area contributed by atoms with Gasteiger partial charge in [0.25, 0.3) is 5.91 Å². The van der Waals surface area contributed by atoms with Gasteiger partial charge in [0.05, 0.1) is 35.8 Å². The Morgan fingerprint density at radius 3 is 2.48 bits per heavy atom. The lowest BCUT2D eigenvalue weighted by Gasteiger charge is -2.47. The summed E-state index contributed by atoms with van der Waals surface area (Å²) < 4.78 is 4.92. The molecule has 2 fully saturated rings. The number of anilines is 2. The summed E-state index contributed by atoms with van der Waals surface area (Å²) in [5, 5.41) is 3.51. The number of nitrogens with zero attached hydrogens (tertiary/aromatic N) is 5. The lowest BCUT2D eigenvalue weighted by Crippen LogP contribution is -2.61. The van der Waals surface area contributed by atoms with Gasteiger partial charge in [-0.25, -0.2) is 19.7 Å². The van der Waals surface area contributed by atoms with Crippen LogP contribution in [0.25, 0.3) is 0 Å². The van der Waals surface area contributed by atoms with Crippen LogP contribution in [0.3, 0.4) is 0 Å². The monoisotopic (exact) mass is 550 g/mol. The Hall–Kier alpha value is -3.23. The highest BCUT2D eigenvalue weighted by Gasteiger charge is 2.38. The van der Waals surface area contributed by atoms with E-state index >= 15 is 0 Å². The van der Waals surface area contributed by atoms with E-state index in [1.807, 2.05) is 24.8 Å². The molecule has 1 aliphatic carbocycles. The number of aryl methyl sites for hydroxylation is 2. The van der Waals surface area contributed by atoms with Crippen LogP contribution in [0.5, 0.6) is 0 Å². The summed E-state index contributed by atoms with van der Waals surface area (Å²) in [5.74, 6) is 2.05. The molecule has 0 radical (unpaired) electrons. The lowest BCUT2D eigenvalue weighted by atomic mass is 9.87. The van der Waals surface area contributed by atoms with Crippen LogP contribution in [-0.4, -0.2) is 70.6 Å². The fourth-order valence-corrected chi connectivity index (χ4v) is 6.16. The van der Waals surface area contributed by atoms with Crippen LogP contribution in [0.1, 0.15) is 110 Å². The number of hydrogen-bond acceptors (Lipinski definition) is 8. The molecular weight excluding hydrogens is 504 g/mol. The summed E-state index contributed by atoms with van der Waals surface area (Å²) in [6, 6.07) is 1.92. The van der Waals surface area contributed by atoms with Gasteiger partial charge in [-0.05, 0) is 57.6 Å². The van der Waals surface area contributed by atoms with Crippen LogP contribution in [0.4, 0.5) is 11.6 Å². The molecule has 3 heterocycles. The molecule has 9 heteroatoms. The predicted octanol–water partition coefficient (Wildman–Crippen LogP) is 5.52. The number of carbonyl (C=O) groups excluding carboxylic acids is 2. The van der Waals surface area contributed by atoms with Gasteiger partial charge in [0.1, 0.15) is 17.3 Å². The normalized spacial score (nSPS) is 17.7. The Labute approximate surface area is 239 Å². The fraction of sp³-hybridized carbons (Fsp3) is 0.645. The molecule has 0 unspecified atom stereocenters. The number of pyridine rings is 1. The van der Waals surface area contributed by atoms with Crippen molar-refractivity contribution in [2.45, 2.75) is 91.5 Å². The van der Waals surface area contributed by atoms with Crippen LogP contribution in [0.15, 0.2) is 12.3 Å². The maximum atomic E-state index is 13.7. The van der Waals surface area contributed by atoms with Crippen molar-refractivity contribution in [2.75, 3.05) is 43.5 Å². The van der Waals surface area contributed by atoms with E-state index in [1.54, 1.807) is 6.20 Å². The Morgan fingerprint density at radius 1 is 1.12 bits per heavy atom. The highest BCUT2D eigenvalue weighted by Crippen LogP contribution is 2.30. The second-order valence-corrected chi connectivity index (χ2v) is 12.3. The highest BCUT2D eigenvalue weighted by atomic mass is 16.5. The minimum absolute atomic E-state index is 0.103. The van der Waals surface area contributed by atoms with Gasteiger partial charge < -0.3 is 19.9 Å². The minimum atomic E-state index is -0.462. The molecule has 1 N–H and O–H groups in total. The van der Waals surface area contributed by atoms with Crippen LogP contribution >= 0.6 is 0 Å². The number of methoxy groups -OCH3 is 1. The third kappa shape index (κ3) is 6.56. The van der Waals surface area contributed by atoms with E-state index in [0.29, 0.717) is 36.6 Å². The van der Waals surface area contributed by atoms with E-state index in [-0.39, 0.29) is 17.8 Å². The van der Waals surface area contributed by atoms with Crippen molar-refractivity contribution in [2.24, 2.45) is 5.92 Å². The van der Waals surface area contributed by atoms with Crippen LogP contribution in [0, 0.1) is 19.8 Å². The van der Waals surface area contributed by atoms with Crippen molar-refractivity contribution in [3.05, 3.63) is 40.5 Å². The predicted molar refractivity (Wildman–Crippen MR) is 158 cm³/mol. The van der Waals surface area contributed by atoms with Crippen LogP contribution in [-0.2, 0) is 4.74 Å². The summed E-state index contributed by atoms with van der Waals surface area (Å²) in [6.07, 6.45) is 9.50. The van der Waals surface area contributed by atoms with Crippen LogP contribution in [0.2, 0.25) is 0 Å². The smallest absolute Gasteiger partial charge is 0.339 e. The minimum Gasteiger partial charge on any atom is -0.465 e. The van der Waals surface area contributed by atoms with Crippen molar-refractivity contribution in [1.82, 2.24) is 19.9 Å². The molecule has 0 aromatic carbocycles. The van der Waals surface area contributed by atoms with E-state index in [2.05, 4.69) is 42.9 Å². The molecule has 2 aromatic rings. The SMILES string of the molecule is COC(=O)c1c(C)cc(N2CCN(C(=O)c3cnc(NCCC4CCCCC4)c(C(C)C)n3)C(C)(C)C2)nc1C. The number of nitrogens with one attached hydrogen (secondary N) is 1. The van der Waals surface area contributed by atoms with E-state index in [1.165, 1.54) is 39.2 Å². The number of ether oxygens (including phenoxy) is 1. The standard InChI is InChI=1S/C31H46N6O3/c1-20(2)27-28(32-14-13-23-11-9-8-10-12-23)33-18-24(35-27)29(38)37-16-15-36(19-31(37,5)6)25-17-21(3)26(22(4)34-25)30(39)40-7/h17-18,20,23H,8-16,19H2,1-7H3,(H,32,33). The highest BCUT2D eigenvalue weighted by molar-refractivity contribution is 5.93. The van der Waals surface area contributed by atoms with Gasteiger partial charge >= 0.3 is 5.97 Å². The van der Waals surface area contributed by atoms with E-state index in [4.69, 9.17) is 14.7 Å². The largest absolute Gasteiger partial charge is 0.465 e. The molecule has 1 amide bonds. The molecule has 9 nitrogen and oxygen atoms in total. The van der Waals surface area contributed by atoms with Crippen molar-refractivity contribution in [3.8, 4) is 0 Å². The lowest BCUT2D eigenvalue weighted by molar-refractivity contribution is 0.0505. The first-order valence-electron chi connectivity index (χ1n) is 14.8. The Kier molecular flexibility index (Phi) is 9.31. The number of piperazine rings is 1. The van der Waals surface area contributed by atoms with Gasteiger partial charge in [-0.1, -0.05) is 46.0 Å². The van der Waals surface area contributed by atoms with Gasteiger partial charge in [0, 0.05) is 26.2 Å². The third-order valence-electron chi connectivity index (χ3n) is 8.38. The molecule has 4 rings (SSSR count). The topological polar surface area (TPSA) is 101 Å². The maximum absolute atomic E-state index is 13.7. The summed E-state index contributed by atoms with van der Waals surface area (Å²) in [6.45, 7) is 14.7. The van der Waals surface area contributed by atoms with Crippen molar-refractivity contribution in [1.29, 1.82) is 0 Å². The quantitative estimate of drug-likeness (QED) is 0.429. The number of hydrogen-bond donors (Lipinski definition) is 1. The molecule has 0 atom stereocenters. The fourth-order valence-electron chi connectivity index (χ4n) is 6.16. The summed E-state index contributed by atoms with van der Waals surface area (Å²) in [4.78, 5) is 44.2. The number of carbonyl (C=O) groups is 2. The number of amides is 1. The van der Waals surface area contributed by atoms with Gasteiger partial charge in [-0.2, -0.15) is 0 Å². The first-order valence-corrected chi connectivity index (χ1v) is 14.8. The second kappa shape index (κ2) is 12.5. The molecule has 1 saturated heterocycles. The van der Waals surface area contributed by atoms with E-state index in [0.717, 1.165) is 41.8 Å². The Morgan fingerprint density at radius 2 is 1.85 bits per heavy atom. The van der Waals surface area contributed by atoms with Crippen molar-refractivity contribution in [3.63, 3.8) is 0 Å². The van der Waals surface area contributed by atoms with E-state index < -0.39 is 5.54 Å². The second-order valence-electron chi connectivity index (χ2n) is 12.3. The summed E-state index contributed by atoms with van der Waals surface area (Å²) in [5.41, 5.74) is 2.74. The first-order chi connectivity index (χ1) is 19.0. The molecule has 2 aliphatic rings. The average Bonchev–Trinajstić information content (AvgIpc) is 2.92. The molecule has 2 aromatic heterocycles. The molecule has 218 valence electrons.